The molecule has 8 atom stereocenters. The Balaban J connectivity index is 0.0000224. The number of ether oxygens (including phenoxy) is 2. The maximum atomic E-state index is 15.1. The Morgan fingerprint density at radius 3 is 2.22 bits per heavy atom. The van der Waals surface area contributed by atoms with Gasteiger partial charge in [0, 0.05) is 125 Å². The molecular formula is C58H89N6O12PS3Y. The minimum Gasteiger partial charge on any atom is -0.508 e. The van der Waals surface area contributed by atoms with Crippen LogP contribution in [0.4, 0.5) is 0 Å². The van der Waals surface area contributed by atoms with Crippen LogP contribution in [0.15, 0.2) is 34.4 Å². The molecule has 1 fully saturated rings. The van der Waals surface area contributed by atoms with Gasteiger partial charge in [-0.15, -0.1) is 11.3 Å². The molecule has 23 heteroatoms. The molecule has 0 aliphatic carbocycles. The van der Waals surface area contributed by atoms with Crippen LogP contribution in [0.1, 0.15) is 179 Å². The molecule has 1 aromatic carbocycles. The van der Waals surface area contributed by atoms with E-state index in [0.29, 0.717) is 48.6 Å². The number of nitrogens with one attached hydrogen (secondary N) is 2. The van der Waals surface area contributed by atoms with Crippen LogP contribution < -0.4 is 10.6 Å². The van der Waals surface area contributed by atoms with E-state index in [1.165, 1.54) is 33.4 Å². The summed E-state index contributed by atoms with van der Waals surface area (Å²) in [5.41, 5.74) is 0.872. The summed E-state index contributed by atoms with van der Waals surface area (Å²) in [6, 6.07) is 4.41. The number of aromatic hydroxyl groups is 1. The van der Waals surface area contributed by atoms with Crippen molar-refractivity contribution in [2.24, 2.45) is 34.3 Å². The summed E-state index contributed by atoms with van der Waals surface area (Å²) in [6.45, 7) is 16.8. The first-order valence-corrected chi connectivity index (χ1v) is 32.1. The number of Topliss-reactive ketones (excluding diaryl/α,β-unsaturated/α-hetero) is 4. The number of hydrogen-bond acceptors (Lipinski definition) is 18. The number of aromatic nitrogens is 1. The van der Waals surface area contributed by atoms with Crippen LogP contribution in [0.3, 0.4) is 0 Å². The molecule has 1 radical (unpaired) electrons. The molecule has 18 nitrogen and oxygen atoms in total. The van der Waals surface area contributed by atoms with Gasteiger partial charge in [-0.1, -0.05) is 102 Å². The maximum absolute atomic E-state index is 15.1. The molecule has 0 spiro atoms. The summed E-state index contributed by atoms with van der Waals surface area (Å²) in [5, 5.41) is 17.8. The number of ketones is 4. The van der Waals surface area contributed by atoms with Crippen molar-refractivity contribution in [2.45, 2.75) is 189 Å². The van der Waals surface area contributed by atoms with Crippen molar-refractivity contribution in [1.82, 2.24) is 25.4 Å². The normalized spacial score (nSPS) is 16.1. The quantitative estimate of drug-likeness (QED) is 0.0185. The number of carbonyl (C=O) groups excluding carboxylic acids is 9. The van der Waals surface area contributed by atoms with E-state index in [-0.39, 0.29) is 161 Å². The smallest absolute Gasteiger partial charge is 0.307 e. The second-order valence-electron chi connectivity index (χ2n) is 21.9. The number of benzene rings is 1. The summed E-state index contributed by atoms with van der Waals surface area (Å²) in [6.07, 6.45) is 4.91. The van der Waals surface area contributed by atoms with Gasteiger partial charge in [-0.3, -0.25) is 52.8 Å². The van der Waals surface area contributed by atoms with Gasteiger partial charge in [-0.2, -0.15) is 0 Å². The van der Waals surface area contributed by atoms with E-state index in [4.69, 9.17) is 14.5 Å². The molecule has 3 rings (SSSR count). The van der Waals surface area contributed by atoms with Gasteiger partial charge in [0.15, 0.2) is 30.2 Å². The molecule has 1 aliphatic heterocycles. The van der Waals surface area contributed by atoms with E-state index in [0.717, 1.165) is 42.7 Å². The summed E-state index contributed by atoms with van der Waals surface area (Å²) in [4.78, 5) is 128. The van der Waals surface area contributed by atoms with Gasteiger partial charge in [0.1, 0.15) is 28.8 Å². The summed E-state index contributed by atoms with van der Waals surface area (Å²) in [5.74, 6) is -2.96. The summed E-state index contributed by atoms with van der Waals surface area (Å²) >= 11 is 1.12. The molecular weight excluding hydrogens is 1190 g/mol. The molecule has 1 aliphatic rings. The standard InChI is InChI=1S/C58H89N6O12PS3.Y/c1-11-38(7)45(30-52(70)48-18-13-14-25-63(48)10)58(74)64(35-75-55(72)27-36(3)4)49(37(5)6)31-53(76-40(9)65)57-62-47(33-78-57)56(73)60-42(29-41-21-23-43(66)24-22-41)28-39(8)50(68)20-16-26-79-80-34-46(61-54(71)12-2)51(69)19-15-17-44(67)32-59-77;/h21-24,33,36-39,42,45-46,48-49,53,66,77H,11-20,25-32,34-35H2,1-10H3,(H,60,73)(H,61,71);/t38?,39-,42+,45-,46+,48+,49+,53+;/m0./s1. The van der Waals surface area contributed by atoms with Gasteiger partial charge in [0.2, 0.25) is 11.8 Å². The first kappa shape index (κ1) is 73.6. The van der Waals surface area contributed by atoms with Crippen molar-refractivity contribution < 1.29 is 90.4 Å². The molecule has 2 aromatic rings. The number of amides is 3. The molecule has 1 aromatic heterocycles. The zero-order valence-corrected chi connectivity index (χ0v) is 55.6. The van der Waals surface area contributed by atoms with Crippen LogP contribution in [0.25, 0.3) is 0 Å². The third-order valence-electron chi connectivity index (χ3n) is 14.5. The van der Waals surface area contributed by atoms with Gasteiger partial charge < -0.3 is 30.1 Å². The maximum Gasteiger partial charge on any atom is 0.307 e. The zero-order chi connectivity index (χ0) is 59.5. The van der Waals surface area contributed by atoms with Gasteiger partial charge in [0.05, 0.1) is 12.1 Å². The fourth-order valence-corrected chi connectivity index (χ4v) is 12.9. The van der Waals surface area contributed by atoms with Crippen molar-refractivity contribution in [2.75, 3.05) is 38.4 Å². The molecule has 0 saturated carbocycles. The predicted molar refractivity (Wildman–Crippen MR) is 318 cm³/mol. The number of phenols is 1. The molecule has 2 heterocycles. The Morgan fingerprint density at radius 2 is 1.60 bits per heavy atom. The molecule has 1 saturated heterocycles. The van der Waals surface area contributed by atoms with E-state index in [1.807, 2.05) is 55.5 Å². The second-order valence-corrected chi connectivity index (χ2v) is 25.8. The van der Waals surface area contributed by atoms with Crippen molar-refractivity contribution in [3.8, 4) is 5.75 Å². The van der Waals surface area contributed by atoms with Gasteiger partial charge in [-0.05, 0) is 96.6 Å². The van der Waals surface area contributed by atoms with E-state index in [9.17, 15) is 43.5 Å². The summed E-state index contributed by atoms with van der Waals surface area (Å²) in [7, 11) is 7.81. The largest absolute Gasteiger partial charge is 0.508 e. The Hall–Kier alpha value is -3.46. The number of rotatable bonds is 39. The number of carbonyl (C=O) groups is 9. The Labute approximate surface area is 520 Å². The van der Waals surface area contributed by atoms with Crippen LogP contribution in [0.5, 0.6) is 5.75 Å². The van der Waals surface area contributed by atoms with E-state index in [1.54, 1.807) is 36.6 Å². The van der Waals surface area contributed by atoms with Crippen molar-refractivity contribution in [1.29, 1.82) is 0 Å². The topological polar surface area (TPSA) is 248 Å². The number of phenolic OH excluding ortho intramolecular Hbond substituents is 1. The van der Waals surface area contributed by atoms with Crippen LogP contribution in [0, 0.1) is 29.6 Å². The van der Waals surface area contributed by atoms with Crippen molar-refractivity contribution in [3.63, 3.8) is 0 Å². The number of piperidine rings is 1. The molecule has 3 N–H and O–H groups in total. The minimum absolute atomic E-state index is 0. The first-order valence-electron chi connectivity index (χ1n) is 28.3. The second kappa shape index (κ2) is 39.2. The third-order valence-corrected chi connectivity index (χ3v) is 18.1. The molecule has 1 unspecified atom stereocenters. The Morgan fingerprint density at radius 1 is 0.914 bits per heavy atom. The first-order chi connectivity index (χ1) is 38.0. The fourth-order valence-electron chi connectivity index (χ4n) is 9.61. The molecule has 81 heavy (non-hydrogen) atoms. The third kappa shape index (κ3) is 27.0. The number of thiazole rings is 1. The number of likely N-dealkylation sites (N-methyl/N-ethyl adjacent to an activating group) is 1. The van der Waals surface area contributed by atoms with Crippen LogP contribution in [-0.4, -0.2) is 135 Å². The number of esters is 2. The van der Waals surface area contributed by atoms with E-state index >= 15 is 4.79 Å². The SMILES string of the molecule is CCC(=O)N[C@H](CSSCCCC(=O)[C@@H](C)C[C@H](Cc1ccc(O)cc1)NC(=O)c1csc([C@@H](C[C@H](C(C)C)N(COC(=O)CC(C)C)C(=O)[C@@H](CC(=O)[C@H]2CCCCN2C)C(C)CC)OC(C)=O)n1)C(=O)CCCC(=O)CN=P.[Y]. The zero-order valence-electron chi connectivity index (χ0n) is 49.3. The predicted octanol–water partition coefficient (Wildman–Crippen LogP) is 9.97. The monoisotopic (exact) mass is 1280 g/mol. The Bertz CT molecular complexity index is 2360. The van der Waals surface area contributed by atoms with Crippen molar-refractivity contribution >= 4 is 94.7 Å². The van der Waals surface area contributed by atoms with Gasteiger partial charge in [-0.25, -0.2) is 4.98 Å². The average molecular weight is 1280 g/mol. The van der Waals surface area contributed by atoms with Crippen LogP contribution in [0.2, 0.25) is 0 Å². The number of nitrogens with zero attached hydrogens (tertiary/aromatic N) is 4. The van der Waals surface area contributed by atoms with E-state index in [2.05, 4.69) is 29.3 Å². The van der Waals surface area contributed by atoms with Crippen LogP contribution >= 0.6 is 42.0 Å². The van der Waals surface area contributed by atoms with Crippen LogP contribution in [-0.2, 0) is 87.0 Å². The molecule has 0 bridgehead atoms. The van der Waals surface area contributed by atoms with E-state index < -0.39 is 53.9 Å². The fraction of sp³-hybridized carbons (Fsp3) is 0.690. The molecule has 3 amide bonds. The van der Waals surface area contributed by atoms with Gasteiger partial charge >= 0.3 is 11.9 Å². The molecule has 449 valence electrons. The summed E-state index contributed by atoms with van der Waals surface area (Å²) < 4.78 is 15.4. The Kier molecular flexibility index (Phi) is 35.7. The average Bonchev–Trinajstić information content (AvgIpc) is 3.91. The number of hydrogen-bond donors (Lipinski definition) is 3. The van der Waals surface area contributed by atoms with Crippen molar-refractivity contribution in [3.05, 3.63) is 45.9 Å². The minimum atomic E-state index is -1.02. The number of likely N-dealkylation sites (tertiary alicyclic amines) is 1. The van der Waals surface area contributed by atoms with Gasteiger partial charge in [0.25, 0.3) is 5.91 Å².